The van der Waals surface area contributed by atoms with E-state index in [9.17, 15) is 0 Å². The highest BCUT2D eigenvalue weighted by molar-refractivity contribution is 5.49. The van der Waals surface area contributed by atoms with Crippen LogP contribution in [0, 0.1) is 0 Å². The van der Waals surface area contributed by atoms with Crippen molar-refractivity contribution < 1.29 is 4.74 Å². The Bertz CT molecular complexity index is 434. The van der Waals surface area contributed by atoms with E-state index in [0.717, 1.165) is 57.6 Å². The zero-order valence-corrected chi connectivity index (χ0v) is 12.3. The van der Waals surface area contributed by atoms with Crippen molar-refractivity contribution in [3.63, 3.8) is 0 Å². The molecular formula is C15H24N4O. The second-order valence-corrected chi connectivity index (χ2v) is 5.60. The highest BCUT2D eigenvalue weighted by Crippen LogP contribution is 2.19. The summed E-state index contributed by atoms with van der Waals surface area (Å²) in [5, 5.41) is 0. The normalized spacial score (nSPS) is 21.9. The first-order valence-electron chi connectivity index (χ1n) is 7.56. The minimum absolute atomic E-state index is 0.806. The lowest BCUT2D eigenvalue weighted by Crippen LogP contribution is -2.37. The maximum absolute atomic E-state index is 5.41. The van der Waals surface area contributed by atoms with Crippen LogP contribution < -0.4 is 9.80 Å². The Morgan fingerprint density at radius 3 is 2.35 bits per heavy atom. The molecule has 0 spiro atoms. The lowest BCUT2D eigenvalue weighted by atomic mass is 10.3. The molecule has 0 aliphatic carbocycles. The Morgan fingerprint density at radius 1 is 0.900 bits per heavy atom. The van der Waals surface area contributed by atoms with E-state index in [2.05, 4.69) is 39.9 Å². The van der Waals surface area contributed by atoms with E-state index in [-0.39, 0.29) is 0 Å². The molecule has 0 atom stereocenters. The molecule has 2 saturated heterocycles. The molecule has 0 N–H and O–H groups in total. The molecule has 0 saturated carbocycles. The van der Waals surface area contributed by atoms with Crippen molar-refractivity contribution in [1.29, 1.82) is 0 Å². The number of nitrogens with zero attached hydrogens (tertiary/aromatic N) is 4. The number of ether oxygens (including phenoxy) is 1. The summed E-state index contributed by atoms with van der Waals surface area (Å²) in [6.45, 7) is 7.96. The third-order valence-electron chi connectivity index (χ3n) is 4.10. The fourth-order valence-corrected chi connectivity index (χ4v) is 2.83. The van der Waals surface area contributed by atoms with E-state index in [1.54, 1.807) is 0 Å². The zero-order chi connectivity index (χ0) is 13.8. The van der Waals surface area contributed by atoms with Crippen LogP contribution in [0.25, 0.3) is 0 Å². The van der Waals surface area contributed by atoms with Gasteiger partial charge in [0.05, 0.1) is 13.2 Å². The molecule has 2 aliphatic rings. The Hall–Kier alpha value is -1.33. The first-order valence-corrected chi connectivity index (χ1v) is 7.56. The van der Waals surface area contributed by atoms with Gasteiger partial charge in [-0.15, -0.1) is 0 Å². The second kappa shape index (κ2) is 6.41. The summed E-state index contributed by atoms with van der Waals surface area (Å²) in [5.74, 6) is 2.20. The van der Waals surface area contributed by atoms with Gasteiger partial charge in [0.25, 0.3) is 0 Å². The molecule has 1 aromatic rings. The number of aromatic nitrogens is 1. The number of likely N-dealkylation sites (N-methyl/N-ethyl adjacent to an activating group) is 1. The molecule has 0 bridgehead atoms. The van der Waals surface area contributed by atoms with E-state index in [0.29, 0.717) is 0 Å². The van der Waals surface area contributed by atoms with Crippen LogP contribution in [0.4, 0.5) is 11.6 Å². The molecule has 5 nitrogen and oxygen atoms in total. The number of pyridine rings is 1. The zero-order valence-electron chi connectivity index (χ0n) is 12.3. The molecule has 2 fully saturated rings. The van der Waals surface area contributed by atoms with Crippen molar-refractivity contribution in [2.45, 2.75) is 6.42 Å². The molecular weight excluding hydrogens is 252 g/mol. The quantitative estimate of drug-likeness (QED) is 0.806. The number of hydrogen-bond acceptors (Lipinski definition) is 5. The summed E-state index contributed by atoms with van der Waals surface area (Å²) in [7, 11) is 2.20. The van der Waals surface area contributed by atoms with Gasteiger partial charge >= 0.3 is 0 Å². The molecule has 0 unspecified atom stereocenters. The molecule has 0 radical (unpaired) electrons. The van der Waals surface area contributed by atoms with Crippen molar-refractivity contribution in [3.05, 3.63) is 18.2 Å². The van der Waals surface area contributed by atoms with Crippen LogP contribution in [-0.2, 0) is 4.74 Å². The van der Waals surface area contributed by atoms with Crippen molar-refractivity contribution in [1.82, 2.24) is 9.88 Å². The van der Waals surface area contributed by atoms with Crippen LogP contribution >= 0.6 is 0 Å². The maximum atomic E-state index is 5.41. The van der Waals surface area contributed by atoms with Gasteiger partial charge in [0.1, 0.15) is 11.6 Å². The third kappa shape index (κ3) is 3.22. The maximum Gasteiger partial charge on any atom is 0.131 e. The molecule has 1 aromatic heterocycles. The summed E-state index contributed by atoms with van der Waals surface area (Å²) in [6.07, 6.45) is 1.21. The number of anilines is 2. The Labute approximate surface area is 121 Å². The molecule has 3 rings (SSSR count). The highest BCUT2D eigenvalue weighted by Gasteiger charge is 2.16. The van der Waals surface area contributed by atoms with Crippen LogP contribution in [-0.4, -0.2) is 69.4 Å². The molecule has 3 heterocycles. The Kier molecular flexibility index (Phi) is 4.38. The molecule has 2 aliphatic heterocycles. The summed E-state index contributed by atoms with van der Waals surface area (Å²) in [4.78, 5) is 12.0. The van der Waals surface area contributed by atoms with Crippen LogP contribution in [0.15, 0.2) is 18.2 Å². The van der Waals surface area contributed by atoms with Crippen LogP contribution in [0.1, 0.15) is 6.42 Å². The smallest absolute Gasteiger partial charge is 0.131 e. The Morgan fingerprint density at radius 2 is 1.60 bits per heavy atom. The van der Waals surface area contributed by atoms with Gasteiger partial charge in [-0.25, -0.2) is 4.98 Å². The fraction of sp³-hybridized carbons (Fsp3) is 0.667. The topological polar surface area (TPSA) is 31.8 Å². The average Bonchev–Trinajstić information content (AvgIpc) is 2.73. The average molecular weight is 276 g/mol. The van der Waals surface area contributed by atoms with Crippen molar-refractivity contribution in [3.8, 4) is 0 Å². The largest absolute Gasteiger partial charge is 0.378 e. The van der Waals surface area contributed by atoms with Gasteiger partial charge in [-0.1, -0.05) is 6.07 Å². The molecule has 0 amide bonds. The summed E-state index contributed by atoms with van der Waals surface area (Å²) < 4.78 is 5.41. The lowest BCUT2D eigenvalue weighted by Gasteiger charge is -2.29. The Balaban J connectivity index is 1.72. The fourth-order valence-electron chi connectivity index (χ4n) is 2.83. The van der Waals surface area contributed by atoms with E-state index < -0.39 is 0 Å². The molecule has 0 aromatic carbocycles. The minimum Gasteiger partial charge on any atom is -0.378 e. The van der Waals surface area contributed by atoms with Crippen molar-refractivity contribution in [2.75, 3.05) is 69.3 Å². The standard InChI is InChI=1S/C15H24N4O/c1-17-6-3-7-18(9-8-17)14-4-2-5-15(16-14)19-10-12-20-13-11-19/h2,4-5H,3,6-13H2,1H3. The molecule has 20 heavy (non-hydrogen) atoms. The SMILES string of the molecule is CN1CCCN(c2cccc(N3CCOCC3)n2)CC1. The van der Waals surface area contributed by atoms with Gasteiger partial charge in [-0.05, 0) is 32.1 Å². The van der Waals surface area contributed by atoms with Crippen LogP contribution in [0.5, 0.6) is 0 Å². The van der Waals surface area contributed by atoms with Crippen LogP contribution in [0.3, 0.4) is 0 Å². The van der Waals surface area contributed by atoms with Crippen LogP contribution in [0.2, 0.25) is 0 Å². The van der Waals surface area contributed by atoms with E-state index in [1.165, 1.54) is 13.0 Å². The van der Waals surface area contributed by atoms with Crippen molar-refractivity contribution >= 4 is 11.6 Å². The molecule has 110 valence electrons. The van der Waals surface area contributed by atoms with Gasteiger partial charge in [0.2, 0.25) is 0 Å². The van der Waals surface area contributed by atoms with E-state index in [1.807, 2.05) is 0 Å². The lowest BCUT2D eigenvalue weighted by molar-refractivity contribution is 0.122. The summed E-state index contributed by atoms with van der Waals surface area (Å²) in [6, 6.07) is 6.37. The van der Waals surface area contributed by atoms with Crippen molar-refractivity contribution in [2.24, 2.45) is 0 Å². The third-order valence-corrected chi connectivity index (χ3v) is 4.10. The monoisotopic (exact) mass is 276 g/mol. The highest BCUT2D eigenvalue weighted by atomic mass is 16.5. The minimum atomic E-state index is 0.806. The van der Waals surface area contributed by atoms with Gasteiger partial charge in [0.15, 0.2) is 0 Å². The predicted octanol–water partition coefficient (Wildman–Crippen LogP) is 1.06. The van der Waals surface area contributed by atoms with Gasteiger partial charge in [-0.2, -0.15) is 0 Å². The van der Waals surface area contributed by atoms with Gasteiger partial charge in [-0.3, -0.25) is 0 Å². The van der Waals surface area contributed by atoms with E-state index >= 15 is 0 Å². The second-order valence-electron chi connectivity index (χ2n) is 5.60. The van der Waals surface area contributed by atoms with Gasteiger partial charge in [0, 0.05) is 32.7 Å². The first kappa shape index (κ1) is 13.6. The van der Waals surface area contributed by atoms with E-state index in [4.69, 9.17) is 9.72 Å². The van der Waals surface area contributed by atoms with Gasteiger partial charge < -0.3 is 19.4 Å². The number of hydrogen-bond donors (Lipinski definition) is 0. The number of rotatable bonds is 2. The summed E-state index contributed by atoms with van der Waals surface area (Å²) >= 11 is 0. The predicted molar refractivity (Wildman–Crippen MR) is 81.6 cm³/mol. The first-order chi connectivity index (χ1) is 9.83. The number of morpholine rings is 1. The molecule has 5 heteroatoms. The summed E-state index contributed by atoms with van der Waals surface area (Å²) in [5.41, 5.74) is 0.